The van der Waals surface area contributed by atoms with Gasteiger partial charge >= 0.3 is 5.97 Å². The number of ether oxygens (including phenoxy) is 1. The van der Waals surface area contributed by atoms with E-state index in [1.807, 2.05) is 0 Å². The third kappa shape index (κ3) is 23.0. The molecule has 2 nitrogen and oxygen atoms in total. The zero-order chi connectivity index (χ0) is 20.7. The van der Waals surface area contributed by atoms with Gasteiger partial charge < -0.3 is 4.74 Å². The number of hydrogen-bond acceptors (Lipinski definition) is 2. The van der Waals surface area contributed by atoms with Crippen molar-refractivity contribution < 1.29 is 13.9 Å². The predicted octanol–water partition coefficient (Wildman–Crippen LogP) is 7.89. The Kier molecular flexibility index (Phi) is 21.5. The fraction of sp³-hybridized carbons (Fsp3) is 0.792. The first-order valence-electron chi connectivity index (χ1n) is 11.2. The van der Waals surface area contributed by atoms with Crippen LogP contribution in [0.25, 0.3) is 0 Å². The SMILES string of the molecule is CC(=O)OCCCCCCCCCC#C/C=C(/F)CCCCCCCCCCl. The van der Waals surface area contributed by atoms with Crippen LogP contribution < -0.4 is 0 Å². The highest BCUT2D eigenvalue weighted by Gasteiger charge is 1.96. The van der Waals surface area contributed by atoms with Gasteiger partial charge in [-0.1, -0.05) is 76.0 Å². The molecule has 0 spiro atoms. The Labute approximate surface area is 177 Å². The first kappa shape index (κ1) is 27.0. The van der Waals surface area contributed by atoms with Crippen LogP contribution in [-0.4, -0.2) is 18.5 Å². The van der Waals surface area contributed by atoms with E-state index in [9.17, 15) is 9.18 Å². The minimum Gasteiger partial charge on any atom is -0.466 e. The van der Waals surface area contributed by atoms with Crippen LogP contribution in [0.3, 0.4) is 0 Å². The summed E-state index contributed by atoms with van der Waals surface area (Å²) in [6, 6.07) is 0. The largest absolute Gasteiger partial charge is 0.466 e. The predicted molar refractivity (Wildman–Crippen MR) is 118 cm³/mol. The Balaban J connectivity index is 3.38. The Morgan fingerprint density at radius 2 is 1.39 bits per heavy atom. The van der Waals surface area contributed by atoms with Crippen molar-refractivity contribution in [1.82, 2.24) is 0 Å². The average molecular weight is 415 g/mol. The number of carbonyl (C=O) groups is 1. The number of carbonyl (C=O) groups excluding carboxylic acids is 1. The Morgan fingerprint density at radius 3 is 2.00 bits per heavy atom. The lowest BCUT2D eigenvalue weighted by Gasteiger charge is -2.02. The van der Waals surface area contributed by atoms with E-state index in [1.54, 1.807) is 0 Å². The average Bonchev–Trinajstić information content (AvgIpc) is 2.67. The second-order valence-corrected chi connectivity index (χ2v) is 7.77. The lowest BCUT2D eigenvalue weighted by Crippen LogP contribution is -1.99. The number of unbranched alkanes of at least 4 members (excludes halogenated alkanes) is 13. The van der Waals surface area contributed by atoms with Crippen LogP contribution in [0, 0.1) is 11.8 Å². The molecular weight excluding hydrogens is 375 g/mol. The van der Waals surface area contributed by atoms with Crippen molar-refractivity contribution in [2.75, 3.05) is 12.5 Å². The molecule has 0 aliphatic heterocycles. The van der Waals surface area contributed by atoms with Crippen molar-refractivity contribution in [1.29, 1.82) is 0 Å². The molecule has 0 N–H and O–H groups in total. The Morgan fingerprint density at radius 1 is 0.857 bits per heavy atom. The van der Waals surface area contributed by atoms with Gasteiger partial charge in [0.25, 0.3) is 0 Å². The molecule has 0 saturated heterocycles. The Hall–Kier alpha value is -1.01. The van der Waals surface area contributed by atoms with E-state index in [0.29, 0.717) is 13.0 Å². The molecule has 0 atom stereocenters. The van der Waals surface area contributed by atoms with E-state index in [0.717, 1.165) is 50.8 Å². The van der Waals surface area contributed by atoms with Gasteiger partial charge in [-0.15, -0.1) is 11.6 Å². The molecule has 162 valence electrons. The number of allylic oxidation sites excluding steroid dienone is 2. The summed E-state index contributed by atoms with van der Waals surface area (Å²) in [7, 11) is 0. The van der Waals surface area contributed by atoms with E-state index in [-0.39, 0.29) is 11.8 Å². The summed E-state index contributed by atoms with van der Waals surface area (Å²) in [5.41, 5.74) is 0. The lowest BCUT2D eigenvalue weighted by atomic mass is 10.1. The topological polar surface area (TPSA) is 26.3 Å². The van der Waals surface area contributed by atoms with Crippen LogP contribution in [0.2, 0.25) is 0 Å². The zero-order valence-corrected chi connectivity index (χ0v) is 18.6. The highest BCUT2D eigenvalue weighted by atomic mass is 35.5. The second kappa shape index (κ2) is 22.3. The van der Waals surface area contributed by atoms with Crippen molar-refractivity contribution in [2.45, 2.75) is 110 Å². The molecule has 0 aromatic rings. The standard InChI is InChI=1S/C24H40ClFO2/c1-23(27)28-22-18-14-10-5-3-2-4-7-11-15-19-24(26)20-16-12-8-6-9-13-17-21-25/h19H,2-10,12-14,16-18,20-22H2,1H3/b24-19+. The molecule has 0 heterocycles. The summed E-state index contributed by atoms with van der Waals surface area (Å²) in [6.45, 7) is 1.99. The summed E-state index contributed by atoms with van der Waals surface area (Å²) < 4.78 is 18.5. The van der Waals surface area contributed by atoms with Gasteiger partial charge in [0.15, 0.2) is 0 Å². The highest BCUT2D eigenvalue weighted by molar-refractivity contribution is 6.17. The van der Waals surface area contributed by atoms with E-state index in [1.165, 1.54) is 64.4 Å². The number of hydrogen-bond donors (Lipinski definition) is 0. The number of halogens is 2. The van der Waals surface area contributed by atoms with E-state index < -0.39 is 0 Å². The molecule has 0 unspecified atom stereocenters. The summed E-state index contributed by atoms with van der Waals surface area (Å²) in [5, 5.41) is 0. The van der Waals surface area contributed by atoms with Crippen LogP contribution in [0.5, 0.6) is 0 Å². The molecular formula is C24H40ClFO2. The maximum atomic E-state index is 13.6. The van der Waals surface area contributed by atoms with Gasteiger partial charge in [0.1, 0.15) is 5.83 Å². The van der Waals surface area contributed by atoms with Gasteiger partial charge in [0, 0.05) is 25.3 Å². The fourth-order valence-corrected chi connectivity index (χ4v) is 3.15. The Bertz CT molecular complexity index is 451. The number of alkyl halides is 1. The van der Waals surface area contributed by atoms with E-state index >= 15 is 0 Å². The molecule has 0 aromatic heterocycles. The smallest absolute Gasteiger partial charge is 0.302 e. The van der Waals surface area contributed by atoms with Crippen molar-refractivity contribution >= 4 is 17.6 Å². The molecule has 4 heteroatoms. The first-order chi connectivity index (χ1) is 13.7. The second-order valence-electron chi connectivity index (χ2n) is 7.39. The van der Waals surface area contributed by atoms with Crippen LogP contribution in [0.4, 0.5) is 4.39 Å². The maximum Gasteiger partial charge on any atom is 0.302 e. The van der Waals surface area contributed by atoms with Gasteiger partial charge in [0.2, 0.25) is 0 Å². The quantitative estimate of drug-likeness (QED) is 0.0985. The van der Waals surface area contributed by atoms with Crippen LogP contribution in [0.1, 0.15) is 110 Å². The van der Waals surface area contributed by atoms with Gasteiger partial charge in [-0.05, 0) is 32.1 Å². The van der Waals surface area contributed by atoms with Gasteiger partial charge in [-0.3, -0.25) is 4.79 Å². The summed E-state index contributed by atoms with van der Waals surface area (Å²) in [5.74, 6) is 6.39. The molecule has 0 radical (unpaired) electrons. The molecule has 0 bridgehead atoms. The van der Waals surface area contributed by atoms with Crippen molar-refractivity contribution in [2.24, 2.45) is 0 Å². The molecule has 0 rings (SSSR count). The fourth-order valence-electron chi connectivity index (χ4n) is 2.96. The van der Waals surface area contributed by atoms with Crippen LogP contribution in [0.15, 0.2) is 11.9 Å². The highest BCUT2D eigenvalue weighted by Crippen LogP contribution is 2.13. The molecule has 0 amide bonds. The monoisotopic (exact) mass is 414 g/mol. The summed E-state index contributed by atoms with van der Waals surface area (Å²) in [6.07, 6.45) is 18.8. The van der Waals surface area contributed by atoms with Gasteiger partial charge in [-0.2, -0.15) is 0 Å². The van der Waals surface area contributed by atoms with Crippen LogP contribution in [-0.2, 0) is 9.53 Å². The molecule has 0 aliphatic rings. The van der Waals surface area contributed by atoms with Crippen molar-refractivity contribution in [3.05, 3.63) is 11.9 Å². The number of rotatable bonds is 18. The molecule has 0 fully saturated rings. The molecule has 0 aliphatic carbocycles. The molecule has 0 aromatic carbocycles. The first-order valence-corrected chi connectivity index (χ1v) is 11.7. The summed E-state index contributed by atoms with van der Waals surface area (Å²) in [4.78, 5) is 10.6. The number of esters is 1. The van der Waals surface area contributed by atoms with Gasteiger partial charge in [0.05, 0.1) is 6.61 Å². The van der Waals surface area contributed by atoms with E-state index in [4.69, 9.17) is 16.3 Å². The molecule has 0 saturated carbocycles. The zero-order valence-electron chi connectivity index (χ0n) is 17.9. The normalized spacial score (nSPS) is 11.2. The maximum absolute atomic E-state index is 13.6. The minimum absolute atomic E-state index is 0.0802. The van der Waals surface area contributed by atoms with Crippen molar-refractivity contribution in [3.8, 4) is 11.8 Å². The summed E-state index contributed by atoms with van der Waals surface area (Å²) >= 11 is 5.64. The van der Waals surface area contributed by atoms with Crippen LogP contribution >= 0.6 is 11.6 Å². The van der Waals surface area contributed by atoms with Gasteiger partial charge in [-0.25, -0.2) is 4.39 Å². The third-order valence-electron chi connectivity index (χ3n) is 4.63. The lowest BCUT2D eigenvalue weighted by molar-refractivity contribution is -0.141. The minimum atomic E-state index is -0.194. The third-order valence-corrected chi connectivity index (χ3v) is 4.90. The molecule has 28 heavy (non-hydrogen) atoms. The van der Waals surface area contributed by atoms with E-state index in [2.05, 4.69) is 11.8 Å². The van der Waals surface area contributed by atoms with Crippen molar-refractivity contribution in [3.63, 3.8) is 0 Å².